The Bertz CT molecular complexity index is 1190. The molecular weight excluding hydrogens is 470 g/mol. The van der Waals surface area contributed by atoms with Crippen molar-refractivity contribution in [3.05, 3.63) is 65.2 Å². The standard InChI is InChI=1S/C24H31N5O5S/c1-2-35(33,34)28-19(13-16-7-4-3-5-8-16)23(31)27-24(32)20-9-6-12-29(20)15-17-10-11-18(22(25)26)21(30)14-17/h3-5,7-8,10-11,14,19-20,28,30H,2,6,9,12-13,15H2,1H3,(H3,25,26)(H,27,31,32)/t19-,20+/m1/s1. The van der Waals surface area contributed by atoms with Crippen molar-refractivity contribution in [1.82, 2.24) is 14.9 Å². The molecule has 1 saturated heterocycles. The van der Waals surface area contributed by atoms with Crippen molar-refractivity contribution in [3.8, 4) is 5.75 Å². The Balaban J connectivity index is 1.70. The maximum atomic E-state index is 13.0. The SMILES string of the molecule is CCS(=O)(=O)N[C@H](Cc1ccccc1)C(=O)NC(=O)[C@@H]1CCCN1Cc1ccc(C(=N)N)c(O)c1. The fourth-order valence-corrected chi connectivity index (χ4v) is 4.87. The first-order chi connectivity index (χ1) is 16.6. The summed E-state index contributed by atoms with van der Waals surface area (Å²) in [6.45, 7) is 2.45. The third kappa shape index (κ3) is 7.10. The number of imide groups is 1. The van der Waals surface area contributed by atoms with Crippen LogP contribution in [0.4, 0.5) is 0 Å². The van der Waals surface area contributed by atoms with Crippen LogP contribution in [0.3, 0.4) is 0 Å². The van der Waals surface area contributed by atoms with E-state index in [2.05, 4.69) is 10.0 Å². The predicted molar refractivity (Wildman–Crippen MR) is 132 cm³/mol. The highest BCUT2D eigenvalue weighted by molar-refractivity contribution is 7.89. The van der Waals surface area contributed by atoms with Crippen LogP contribution < -0.4 is 15.8 Å². The summed E-state index contributed by atoms with van der Waals surface area (Å²) in [5.74, 6) is -1.74. The lowest BCUT2D eigenvalue weighted by atomic mass is 10.1. The number of amides is 2. The monoisotopic (exact) mass is 501 g/mol. The van der Waals surface area contributed by atoms with Crippen LogP contribution in [0.15, 0.2) is 48.5 Å². The second-order valence-corrected chi connectivity index (χ2v) is 10.6. The van der Waals surface area contributed by atoms with Gasteiger partial charge in [-0.15, -0.1) is 0 Å². The van der Waals surface area contributed by atoms with Crippen LogP contribution in [-0.4, -0.2) is 60.5 Å². The molecule has 2 atom stereocenters. The Morgan fingerprint density at radius 2 is 1.91 bits per heavy atom. The molecule has 2 aromatic rings. The fourth-order valence-electron chi connectivity index (χ4n) is 4.08. The first kappa shape index (κ1) is 26.3. The van der Waals surface area contributed by atoms with Crippen LogP contribution in [0, 0.1) is 5.41 Å². The van der Waals surface area contributed by atoms with Crippen molar-refractivity contribution in [2.75, 3.05) is 12.3 Å². The number of phenols is 1. The molecule has 10 nitrogen and oxygen atoms in total. The van der Waals surface area contributed by atoms with Gasteiger partial charge in [0.15, 0.2) is 0 Å². The van der Waals surface area contributed by atoms with Gasteiger partial charge in [0.25, 0.3) is 0 Å². The molecule has 2 amide bonds. The Labute approximate surface area is 205 Å². The number of rotatable bonds is 10. The average molecular weight is 502 g/mol. The van der Waals surface area contributed by atoms with E-state index < -0.39 is 33.9 Å². The number of carbonyl (C=O) groups is 2. The summed E-state index contributed by atoms with van der Waals surface area (Å²) < 4.78 is 26.7. The van der Waals surface area contributed by atoms with Crippen LogP contribution in [0.1, 0.15) is 36.5 Å². The zero-order valence-electron chi connectivity index (χ0n) is 19.5. The summed E-state index contributed by atoms with van der Waals surface area (Å²) in [6.07, 6.45) is 1.40. The van der Waals surface area contributed by atoms with Crippen molar-refractivity contribution in [2.45, 2.75) is 44.8 Å². The van der Waals surface area contributed by atoms with E-state index in [4.69, 9.17) is 11.1 Å². The van der Waals surface area contributed by atoms with E-state index in [9.17, 15) is 23.1 Å². The number of hydrogen-bond acceptors (Lipinski definition) is 7. The summed E-state index contributed by atoms with van der Waals surface area (Å²) in [6, 6.07) is 12.1. The van der Waals surface area contributed by atoms with Gasteiger partial charge < -0.3 is 10.8 Å². The molecule has 1 heterocycles. The number of aromatic hydroxyl groups is 1. The van der Waals surface area contributed by atoms with Crippen LogP contribution in [0.5, 0.6) is 5.75 Å². The van der Waals surface area contributed by atoms with Gasteiger partial charge in [-0.1, -0.05) is 36.4 Å². The van der Waals surface area contributed by atoms with Crippen molar-refractivity contribution in [2.24, 2.45) is 5.73 Å². The van der Waals surface area contributed by atoms with Gasteiger partial charge in [0, 0.05) is 6.54 Å². The minimum absolute atomic E-state index is 0.106. The highest BCUT2D eigenvalue weighted by Crippen LogP contribution is 2.24. The zero-order chi connectivity index (χ0) is 25.6. The molecule has 1 fully saturated rings. The average Bonchev–Trinajstić information content (AvgIpc) is 3.27. The van der Waals surface area contributed by atoms with Gasteiger partial charge in [-0.3, -0.25) is 25.2 Å². The van der Waals surface area contributed by atoms with E-state index in [1.165, 1.54) is 13.0 Å². The van der Waals surface area contributed by atoms with E-state index in [-0.39, 0.29) is 29.3 Å². The van der Waals surface area contributed by atoms with Gasteiger partial charge in [-0.2, -0.15) is 0 Å². The lowest BCUT2D eigenvalue weighted by Gasteiger charge is -2.25. The molecule has 0 bridgehead atoms. The highest BCUT2D eigenvalue weighted by Gasteiger charge is 2.33. The molecule has 0 unspecified atom stereocenters. The molecule has 188 valence electrons. The Morgan fingerprint density at radius 1 is 1.20 bits per heavy atom. The van der Waals surface area contributed by atoms with Crippen LogP contribution >= 0.6 is 0 Å². The van der Waals surface area contributed by atoms with E-state index in [0.717, 1.165) is 17.5 Å². The smallest absolute Gasteiger partial charge is 0.245 e. The molecule has 0 saturated carbocycles. The van der Waals surface area contributed by atoms with E-state index in [1.54, 1.807) is 36.4 Å². The number of phenolic OH excluding ortho intramolecular Hbond substituents is 1. The largest absolute Gasteiger partial charge is 0.507 e. The number of benzene rings is 2. The van der Waals surface area contributed by atoms with Gasteiger partial charge in [0.1, 0.15) is 17.6 Å². The molecule has 11 heteroatoms. The number of carbonyl (C=O) groups excluding carboxylic acids is 2. The van der Waals surface area contributed by atoms with Gasteiger partial charge >= 0.3 is 0 Å². The first-order valence-electron chi connectivity index (χ1n) is 11.4. The number of nitrogens with zero attached hydrogens (tertiary/aromatic N) is 1. The molecule has 1 aliphatic rings. The molecule has 0 spiro atoms. The van der Waals surface area contributed by atoms with Crippen LogP contribution in [0.2, 0.25) is 0 Å². The number of nitrogen functional groups attached to an aromatic ring is 1. The quantitative estimate of drug-likeness (QED) is 0.238. The van der Waals surface area contributed by atoms with Crippen molar-refractivity contribution in [3.63, 3.8) is 0 Å². The highest BCUT2D eigenvalue weighted by atomic mass is 32.2. The summed E-state index contributed by atoms with van der Waals surface area (Å²) in [4.78, 5) is 27.9. The van der Waals surface area contributed by atoms with Crippen molar-refractivity contribution >= 4 is 27.7 Å². The van der Waals surface area contributed by atoms with Crippen LogP contribution in [0.25, 0.3) is 0 Å². The summed E-state index contributed by atoms with van der Waals surface area (Å²) in [7, 11) is -3.68. The Morgan fingerprint density at radius 3 is 2.54 bits per heavy atom. The summed E-state index contributed by atoms with van der Waals surface area (Å²) in [5, 5.41) is 20.0. The van der Waals surface area contributed by atoms with E-state index in [0.29, 0.717) is 19.5 Å². The van der Waals surface area contributed by atoms with Crippen molar-refractivity contribution < 1.29 is 23.1 Å². The van der Waals surface area contributed by atoms with Gasteiger partial charge in [0.2, 0.25) is 21.8 Å². The number of nitrogens with two attached hydrogens (primary N) is 1. The Kier molecular flexibility index (Phi) is 8.60. The third-order valence-corrected chi connectivity index (χ3v) is 7.36. The normalized spacial score (nSPS) is 17.1. The van der Waals surface area contributed by atoms with E-state index >= 15 is 0 Å². The molecular formula is C24H31N5O5S. The summed E-state index contributed by atoms with van der Waals surface area (Å²) >= 11 is 0. The fraction of sp³-hybridized carbons (Fsp3) is 0.375. The summed E-state index contributed by atoms with van der Waals surface area (Å²) in [5.41, 5.74) is 7.16. The molecule has 0 aliphatic carbocycles. The lowest BCUT2D eigenvalue weighted by molar-refractivity contribution is -0.134. The molecule has 2 aromatic carbocycles. The number of amidine groups is 1. The van der Waals surface area contributed by atoms with Gasteiger partial charge in [-0.05, 0) is 56.0 Å². The Hall–Kier alpha value is -3.28. The molecule has 0 radical (unpaired) electrons. The molecule has 35 heavy (non-hydrogen) atoms. The topological polar surface area (TPSA) is 166 Å². The zero-order valence-corrected chi connectivity index (χ0v) is 20.3. The predicted octanol–water partition coefficient (Wildman–Crippen LogP) is 0.834. The van der Waals surface area contributed by atoms with Crippen LogP contribution in [-0.2, 0) is 32.6 Å². The minimum atomic E-state index is -3.68. The van der Waals surface area contributed by atoms with E-state index in [1.807, 2.05) is 11.0 Å². The number of hydrogen-bond donors (Lipinski definition) is 5. The van der Waals surface area contributed by atoms with Gasteiger partial charge in [0.05, 0.1) is 17.4 Å². The number of sulfonamides is 1. The number of nitrogens with one attached hydrogen (secondary N) is 3. The molecule has 3 rings (SSSR count). The number of likely N-dealkylation sites (tertiary alicyclic amines) is 1. The van der Waals surface area contributed by atoms with Gasteiger partial charge in [-0.25, -0.2) is 13.1 Å². The first-order valence-corrected chi connectivity index (χ1v) is 13.0. The maximum absolute atomic E-state index is 13.0. The maximum Gasteiger partial charge on any atom is 0.245 e. The second-order valence-electron chi connectivity index (χ2n) is 8.51. The molecule has 6 N–H and O–H groups in total. The molecule has 1 aliphatic heterocycles. The van der Waals surface area contributed by atoms with Crippen molar-refractivity contribution in [1.29, 1.82) is 5.41 Å². The third-order valence-electron chi connectivity index (χ3n) is 5.95. The second kappa shape index (κ2) is 11.4. The molecule has 0 aromatic heterocycles. The minimum Gasteiger partial charge on any atom is -0.507 e. The lowest BCUT2D eigenvalue weighted by Crippen LogP contribution is -2.53.